The van der Waals surface area contributed by atoms with Crippen molar-refractivity contribution in [3.8, 4) is 11.4 Å². The van der Waals surface area contributed by atoms with Gasteiger partial charge >= 0.3 is 0 Å². The summed E-state index contributed by atoms with van der Waals surface area (Å²) < 4.78 is 18.3. The maximum absolute atomic E-state index is 13.3. The van der Waals surface area contributed by atoms with Crippen LogP contribution in [0.25, 0.3) is 11.4 Å². The Bertz CT molecular complexity index is 1080. The molecular weight excluding hydrogens is 449 g/mol. The van der Waals surface area contributed by atoms with Gasteiger partial charge in [0, 0.05) is 25.1 Å². The molecule has 8 nitrogen and oxygen atoms in total. The Kier molecular flexibility index (Phi) is 7.51. The summed E-state index contributed by atoms with van der Waals surface area (Å²) in [5.74, 6) is 0.0824. The second-order valence-electron chi connectivity index (χ2n) is 8.07. The lowest BCUT2D eigenvalue weighted by Crippen LogP contribution is -2.51. The van der Waals surface area contributed by atoms with Crippen molar-refractivity contribution < 1.29 is 18.4 Å². The second-order valence-corrected chi connectivity index (χ2v) is 8.43. The average molecular weight is 474 g/mol. The van der Waals surface area contributed by atoms with E-state index >= 15 is 0 Å². The summed E-state index contributed by atoms with van der Waals surface area (Å²) in [6, 6.07) is 5.59. The van der Waals surface area contributed by atoms with Gasteiger partial charge in [0.25, 0.3) is 5.89 Å². The number of unbranched alkanes of at least 4 members (excludes halogenated alkanes) is 2. The van der Waals surface area contributed by atoms with E-state index in [4.69, 9.17) is 16.0 Å². The Labute approximate surface area is 195 Å². The smallest absolute Gasteiger partial charge is 0.263 e. The first-order chi connectivity index (χ1) is 16.0. The number of hydrogen-bond donors (Lipinski definition) is 3. The van der Waals surface area contributed by atoms with Gasteiger partial charge in [-0.3, -0.25) is 9.59 Å². The number of amides is 1. The molecule has 0 saturated carbocycles. The highest BCUT2D eigenvalue weighted by molar-refractivity contribution is 6.30. The lowest BCUT2D eigenvalue weighted by molar-refractivity contribution is -0.127. The van der Waals surface area contributed by atoms with Crippen molar-refractivity contribution in [3.05, 3.63) is 59.3 Å². The number of imidazole rings is 1. The van der Waals surface area contributed by atoms with Crippen LogP contribution in [-0.2, 0) is 4.79 Å². The zero-order valence-electron chi connectivity index (χ0n) is 17.9. The third-order valence-corrected chi connectivity index (χ3v) is 5.98. The van der Waals surface area contributed by atoms with Crippen LogP contribution in [0.2, 0.25) is 5.15 Å². The number of oxazole rings is 1. The number of nitrogens with zero attached hydrogens (tertiary/aromatic N) is 2. The molecule has 1 aliphatic rings. The molecule has 2 aromatic heterocycles. The molecule has 1 fully saturated rings. The number of hydrogen-bond acceptors (Lipinski definition) is 6. The van der Waals surface area contributed by atoms with Crippen LogP contribution in [-0.4, -0.2) is 39.7 Å². The molecule has 3 heterocycles. The summed E-state index contributed by atoms with van der Waals surface area (Å²) in [6.07, 6.45) is 6.06. The number of halogens is 2. The van der Waals surface area contributed by atoms with Gasteiger partial charge < -0.3 is 20.0 Å². The third-order valence-electron chi connectivity index (χ3n) is 5.69. The van der Waals surface area contributed by atoms with Gasteiger partial charge in [-0.05, 0) is 37.1 Å². The maximum Gasteiger partial charge on any atom is 0.263 e. The van der Waals surface area contributed by atoms with Crippen molar-refractivity contribution in [1.82, 2.24) is 25.6 Å². The van der Waals surface area contributed by atoms with Crippen molar-refractivity contribution in [3.63, 3.8) is 0 Å². The number of Topliss-reactive ketones (excluding diaryl/α,β-unsaturated/α-hetero) is 1. The Morgan fingerprint density at radius 1 is 1.21 bits per heavy atom. The summed E-state index contributed by atoms with van der Waals surface area (Å²) in [4.78, 5) is 36.1. The number of H-pyrrole nitrogens is 1. The van der Waals surface area contributed by atoms with E-state index in [1.807, 2.05) is 0 Å². The SMILES string of the molecule is O=C(CCCCC[C@H](NC(=O)C1CNC1)c1[nH]c(-c2ccc(F)cc2)nc1Cl)c1ncco1. The minimum absolute atomic E-state index is 0.0354. The predicted octanol–water partition coefficient (Wildman–Crippen LogP) is 4.07. The van der Waals surface area contributed by atoms with Crippen LogP contribution in [0, 0.1) is 11.7 Å². The molecule has 3 N–H and O–H groups in total. The molecular formula is C23H25ClFN5O3. The van der Waals surface area contributed by atoms with Crippen LogP contribution < -0.4 is 10.6 Å². The molecule has 1 amide bonds. The van der Waals surface area contributed by atoms with Gasteiger partial charge in [-0.2, -0.15) is 0 Å². The summed E-state index contributed by atoms with van der Waals surface area (Å²) in [5.41, 5.74) is 1.32. The maximum atomic E-state index is 13.3. The number of carbonyl (C=O) groups is 2. The summed E-state index contributed by atoms with van der Waals surface area (Å²) in [5, 5.41) is 6.45. The Morgan fingerprint density at radius 3 is 2.67 bits per heavy atom. The molecule has 1 aromatic carbocycles. The van der Waals surface area contributed by atoms with E-state index in [-0.39, 0.29) is 40.5 Å². The minimum atomic E-state index is -0.352. The Morgan fingerprint density at radius 2 is 2.00 bits per heavy atom. The standard InChI is InChI=1S/C23H25ClFN5O3/c24-20-19(29-21(30-20)14-6-8-16(25)9-7-14)17(28-22(32)15-12-26-13-15)4-2-1-3-5-18(31)23-27-10-11-33-23/h6-11,15,17,26H,1-5,12-13H2,(H,28,32)(H,29,30)/t17-/m0/s1. The quantitative estimate of drug-likeness (QED) is 0.286. The van der Waals surface area contributed by atoms with E-state index < -0.39 is 0 Å². The molecule has 1 aliphatic heterocycles. The molecule has 33 heavy (non-hydrogen) atoms. The van der Waals surface area contributed by atoms with Crippen LogP contribution in [0.15, 0.2) is 41.1 Å². The van der Waals surface area contributed by atoms with Gasteiger partial charge in [0.05, 0.1) is 23.9 Å². The van der Waals surface area contributed by atoms with Gasteiger partial charge in [-0.25, -0.2) is 14.4 Å². The Balaban J connectivity index is 1.39. The number of rotatable bonds is 11. The second kappa shape index (κ2) is 10.7. The molecule has 174 valence electrons. The highest BCUT2D eigenvalue weighted by Crippen LogP contribution is 2.29. The minimum Gasteiger partial charge on any atom is -0.442 e. The predicted molar refractivity (Wildman–Crippen MR) is 120 cm³/mol. The Hall–Kier alpha value is -3.04. The van der Waals surface area contributed by atoms with Crippen LogP contribution in [0.3, 0.4) is 0 Å². The zero-order chi connectivity index (χ0) is 23.2. The topological polar surface area (TPSA) is 113 Å². The molecule has 0 spiro atoms. The van der Waals surface area contributed by atoms with E-state index in [9.17, 15) is 14.0 Å². The number of carbonyl (C=O) groups excluding carboxylic acids is 2. The van der Waals surface area contributed by atoms with Crippen molar-refractivity contribution in [2.75, 3.05) is 13.1 Å². The molecule has 0 bridgehead atoms. The monoisotopic (exact) mass is 473 g/mol. The number of aromatic nitrogens is 3. The largest absolute Gasteiger partial charge is 0.442 e. The first-order valence-electron chi connectivity index (χ1n) is 11.0. The van der Waals surface area contributed by atoms with Gasteiger partial charge in [-0.15, -0.1) is 0 Å². The first kappa shape index (κ1) is 23.1. The molecule has 10 heteroatoms. The van der Waals surface area contributed by atoms with Crippen LogP contribution in [0.5, 0.6) is 0 Å². The number of benzene rings is 1. The summed E-state index contributed by atoms with van der Waals surface area (Å²) in [7, 11) is 0. The van der Waals surface area contributed by atoms with Gasteiger partial charge in [0.1, 0.15) is 17.9 Å². The molecule has 1 atom stereocenters. The van der Waals surface area contributed by atoms with Crippen molar-refractivity contribution in [2.45, 2.75) is 38.1 Å². The lowest BCUT2D eigenvalue weighted by atomic mass is 9.99. The fourth-order valence-corrected chi connectivity index (χ4v) is 3.94. The fourth-order valence-electron chi connectivity index (χ4n) is 3.67. The van der Waals surface area contributed by atoms with E-state index in [2.05, 4.69) is 25.6 Å². The molecule has 0 unspecified atom stereocenters. The van der Waals surface area contributed by atoms with Crippen molar-refractivity contribution in [2.24, 2.45) is 5.92 Å². The highest BCUT2D eigenvalue weighted by atomic mass is 35.5. The first-order valence-corrected chi connectivity index (χ1v) is 11.3. The lowest BCUT2D eigenvalue weighted by Gasteiger charge is -2.28. The van der Waals surface area contributed by atoms with Gasteiger partial charge in [0.2, 0.25) is 11.7 Å². The van der Waals surface area contributed by atoms with Gasteiger partial charge in [0.15, 0.2) is 5.15 Å². The van der Waals surface area contributed by atoms with E-state index in [0.717, 1.165) is 12.8 Å². The number of aromatic amines is 1. The van der Waals surface area contributed by atoms with Gasteiger partial charge in [-0.1, -0.05) is 24.4 Å². The highest BCUT2D eigenvalue weighted by Gasteiger charge is 2.29. The molecule has 0 aliphatic carbocycles. The van der Waals surface area contributed by atoms with Crippen molar-refractivity contribution in [1.29, 1.82) is 0 Å². The zero-order valence-corrected chi connectivity index (χ0v) is 18.7. The third kappa shape index (κ3) is 5.85. The van der Waals surface area contributed by atoms with Crippen LogP contribution >= 0.6 is 11.6 Å². The van der Waals surface area contributed by atoms with E-state index in [0.29, 0.717) is 49.4 Å². The molecule has 4 rings (SSSR count). The normalized spacial score (nSPS) is 14.6. The van der Waals surface area contributed by atoms with E-state index in [1.54, 1.807) is 12.1 Å². The fraction of sp³-hybridized carbons (Fsp3) is 0.391. The van der Waals surface area contributed by atoms with Crippen LogP contribution in [0.1, 0.15) is 54.5 Å². The number of ketones is 1. The molecule has 0 radical (unpaired) electrons. The molecule has 3 aromatic rings. The average Bonchev–Trinajstić information content (AvgIpc) is 3.42. The van der Waals surface area contributed by atoms with Crippen molar-refractivity contribution >= 4 is 23.3 Å². The summed E-state index contributed by atoms with van der Waals surface area (Å²) in [6.45, 7) is 1.30. The number of nitrogens with one attached hydrogen (secondary N) is 3. The summed E-state index contributed by atoms with van der Waals surface area (Å²) >= 11 is 6.43. The molecule has 1 saturated heterocycles. The van der Waals surface area contributed by atoms with Crippen LogP contribution in [0.4, 0.5) is 4.39 Å². The van der Waals surface area contributed by atoms with E-state index in [1.165, 1.54) is 24.6 Å².